The van der Waals surface area contributed by atoms with Gasteiger partial charge >= 0.3 is 0 Å². The van der Waals surface area contributed by atoms with E-state index in [9.17, 15) is 17.6 Å². The summed E-state index contributed by atoms with van der Waals surface area (Å²) in [6.07, 6.45) is 0.479. The van der Waals surface area contributed by atoms with E-state index < -0.39 is 21.7 Å². The summed E-state index contributed by atoms with van der Waals surface area (Å²) in [5, 5.41) is 0. The van der Waals surface area contributed by atoms with Crippen LogP contribution in [0.1, 0.15) is 16.8 Å². The Kier molecular flexibility index (Phi) is 6.15. The summed E-state index contributed by atoms with van der Waals surface area (Å²) in [6, 6.07) is 22.2. The monoisotopic (exact) mass is 438 g/mol. The SMILES string of the molecule is O=C(c1ccccc1F)N1CCCN(S(=O)(=O)c2ccccc2-c2ccccc2)CC1. The van der Waals surface area contributed by atoms with Crippen molar-refractivity contribution in [3.8, 4) is 11.1 Å². The molecule has 5 nitrogen and oxygen atoms in total. The standard InChI is InChI=1S/C24H23FN2O3S/c25-22-13-6-4-12-21(22)24(28)26-15-8-16-27(18-17-26)31(29,30)23-14-7-5-11-20(23)19-9-2-1-3-10-19/h1-7,9-14H,8,15-18H2. The van der Waals surface area contributed by atoms with E-state index in [1.807, 2.05) is 36.4 Å². The van der Waals surface area contributed by atoms with Gasteiger partial charge in [-0.3, -0.25) is 4.79 Å². The van der Waals surface area contributed by atoms with Gasteiger partial charge in [-0.25, -0.2) is 12.8 Å². The average Bonchev–Trinajstić information content (AvgIpc) is 3.06. The second kappa shape index (κ2) is 8.99. The van der Waals surface area contributed by atoms with E-state index in [1.54, 1.807) is 24.3 Å². The van der Waals surface area contributed by atoms with Gasteiger partial charge in [-0.05, 0) is 30.2 Å². The predicted octanol–water partition coefficient (Wildman–Crippen LogP) is 4.03. The summed E-state index contributed by atoms with van der Waals surface area (Å²) in [5.74, 6) is -0.986. The molecule has 0 spiro atoms. The van der Waals surface area contributed by atoms with Crippen molar-refractivity contribution in [3.05, 3.63) is 90.2 Å². The molecule has 7 heteroatoms. The summed E-state index contributed by atoms with van der Waals surface area (Å²) < 4.78 is 42.5. The fraction of sp³-hybridized carbons (Fsp3) is 0.208. The normalized spacial score (nSPS) is 15.5. The zero-order chi connectivity index (χ0) is 21.8. The van der Waals surface area contributed by atoms with Gasteiger partial charge < -0.3 is 4.90 Å². The van der Waals surface area contributed by atoms with Crippen LogP contribution in [0.25, 0.3) is 11.1 Å². The number of hydrogen-bond donors (Lipinski definition) is 0. The summed E-state index contributed by atoms with van der Waals surface area (Å²) in [4.78, 5) is 14.5. The molecule has 0 atom stereocenters. The number of nitrogens with zero attached hydrogens (tertiary/aromatic N) is 2. The number of rotatable bonds is 4. The minimum Gasteiger partial charge on any atom is -0.337 e. The van der Waals surface area contributed by atoms with Gasteiger partial charge in [-0.15, -0.1) is 0 Å². The Hall–Kier alpha value is -3.03. The van der Waals surface area contributed by atoms with Crippen LogP contribution < -0.4 is 0 Å². The van der Waals surface area contributed by atoms with Gasteiger partial charge in [0.25, 0.3) is 5.91 Å². The molecule has 0 aliphatic carbocycles. The maximum absolute atomic E-state index is 14.0. The lowest BCUT2D eigenvalue weighted by molar-refractivity contribution is 0.0759. The first kappa shape index (κ1) is 21.2. The molecule has 3 aromatic rings. The van der Waals surface area contributed by atoms with E-state index in [0.717, 1.165) is 5.56 Å². The van der Waals surface area contributed by atoms with Gasteiger partial charge in [0.15, 0.2) is 0 Å². The fourth-order valence-electron chi connectivity index (χ4n) is 3.83. The van der Waals surface area contributed by atoms with Crippen molar-refractivity contribution < 1.29 is 17.6 Å². The third kappa shape index (κ3) is 4.38. The van der Waals surface area contributed by atoms with E-state index >= 15 is 0 Å². The van der Waals surface area contributed by atoms with Crippen molar-refractivity contribution in [2.45, 2.75) is 11.3 Å². The Morgan fingerprint density at radius 3 is 2.23 bits per heavy atom. The number of hydrogen-bond acceptors (Lipinski definition) is 3. The van der Waals surface area contributed by atoms with Crippen LogP contribution in [0, 0.1) is 5.82 Å². The molecule has 31 heavy (non-hydrogen) atoms. The first-order valence-corrected chi connectivity index (χ1v) is 11.6. The van der Waals surface area contributed by atoms with Gasteiger partial charge in [0, 0.05) is 31.7 Å². The molecule has 0 saturated carbocycles. The van der Waals surface area contributed by atoms with Crippen molar-refractivity contribution in [1.29, 1.82) is 0 Å². The molecule has 4 rings (SSSR count). The number of carbonyl (C=O) groups is 1. The maximum atomic E-state index is 14.0. The molecule has 0 unspecified atom stereocenters. The summed E-state index contributed by atoms with van der Waals surface area (Å²) in [7, 11) is -3.76. The zero-order valence-corrected chi connectivity index (χ0v) is 17.8. The van der Waals surface area contributed by atoms with Crippen molar-refractivity contribution in [2.75, 3.05) is 26.2 Å². The summed E-state index contributed by atoms with van der Waals surface area (Å²) >= 11 is 0. The Morgan fingerprint density at radius 1 is 0.774 bits per heavy atom. The molecule has 0 aromatic heterocycles. The molecule has 1 amide bonds. The molecule has 1 heterocycles. The van der Waals surface area contributed by atoms with Gasteiger partial charge in [0.1, 0.15) is 5.82 Å². The lowest BCUT2D eigenvalue weighted by Crippen LogP contribution is -2.37. The molecule has 1 aliphatic rings. The molecule has 160 valence electrons. The minimum absolute atomic E-state index is 0.00762. The molecule has 0 radical (unpaired) electrons. The van der Waals surface area contributed by atoms with Crippen LogP contribution in [0.2, 0.25) is 0 Å². The third-order valence-corrected chi connectivity index (χ3v) is 7.39. The highest BCUT2D eigenvalue weighted by Crippen LogP contribution is 2.30. The Morgan fingerprint density at radius 2 is 1.45 bits per heavy atom. The highest BCUT2D eigenvalue weighted by atomic mass is 32.2. The number of halogens is 1. The summed E-state index contributed by atoms with van der Waals surface area (Å²) in [6.45, 7) is 1.04. The minimum atomic E-state index is -3.76. The van der Waals surface area contributed by atoms with E-state index in [2.05, 4.69) is 0 Å². The zero-order valence-electron chi connectivity index (χ0n) is 16.9. The second-order valence-electron chi connectivity index (χ2n) is 7.39. The van der Waals surface area contributed by atoms with Crippen molar-refractivity contribution in [1.82, 2.24) is 9.21 Å². The summed E-state index contributed by atoms with van der Waals surface area (Å²) in [5.41, 5.74) is 1.48. The van der Waals surface area contributed by atoms with Crippen LogP contribution in [0.15, 0.2) is 83.8 Å². The van der Waals surface area contributed by atoms with Gasteiger partial charge in [0.05, 0.1) is 10.5 Å². The topological polar surface area (TPSA) is 57.7 Å². The Labute approximate surface area is 181 Å². The van der Waals surface area contributed by atoms with Gasteiger partial charge in [-0.2, -0.15) is 4.31 Å². The number of sulfonamides is 1. The van der Waals surface area contributed by atoms with Crippen LogP contribution in [-0.4, -0.2) is 49.7 Å². The van der Waals surface area contributed by atoms with Crippen LogP contribution in [0.3, 0.4) is 0 Å². The van der Waals surface area contributed by atoms with E-state index in [-0.39, 0.29) is 23.5 Å². The molecular weight excluding hydrogens is 415 g/mol. The molecule has 1 fully saturated rings. The van der Waals surface area contributed by atoms with E-state index in [1.165, 1.54) is 27.4 Å². The van der Waals surface area contributed by atoms with E-state index in [4.69, 9.17) is 0 Å². The predicted molar refractivity (Wildman–Crippen MR) is 118 cm³/mol. The second-order valence-corrected chi connectivity index (χ2v) is 9.30. The molecule has 0 bridgehead atoms. The maximum Gasteiger partial charge on any atom is 0.256 e. The Balaban J connectivity index is 1.58. The molecular formula is C24H23FN2O3S. The molecule has 3 aromatic carbocycles. The third-order valence-electron chi connectivity index (χ3n) is 5.44. The number of carbonyl (C=O) groups excluding carboxylic acids is 1. The van der Waals surface area contributed by atoms with Gasteiger partial charge in [0.2, 0.25) is 10.0 Å². The van der Waals surface area contributed by atoms with Gasteiger partial charge in [-0.1, -0.05) is 60.7 Å². The van der Waals surface area contributed by atoms with Crippen LogP contribution in [0.4, 0.5) is 4.39 Å². The lowest BCUT2D eigenvalue weighted by Gasteiger charge is -2.23. The van der Waals surface area contributed by atoms with Crippen LogP contribution in [0.5, 0.6) is 0 Å². The largest absolute Gasteiger partial charge is 0.337 e. The van der Waals surface area contributed by atoms with Crippen molar-refractivity contribution in [3.63, 3.8) is 0 Å². The smallest absolute Gasteiger partial charge is 0.256 e. The first-order chi connectivity index (χ1) is 15.0. The van der Waals surface area contributed by atoms with Crippen LogP contribution in [-0.2, 0) is 10.0 Å². The quantitative estimate of drug-likeness (QED) is 0.618. The first-order valence-electron chi connectivity index (χ1n) is 10.2. The van der Waals surface area contributed by atoms with Crippen molar-refractivity contribution >= 4 is 15.9 Å². The molecule has 0 N–H and O–H groups in total. The Bertz CT molecular complexity index is 1180. The van der Waals surface area contributed by atoms with Crippen molar-refractivity contribution in [2.24, 2.45) is 0 Å². The number of benzene rings is 3. The average molecular weight is 439 g/mol. The van der Waals surface area contributed by atoms with E-state index in [0.29, 0.717) is 25.1 Å². The molecule has 1 aliphatic heterocycles. The highest BCUT2D eigenvalue weighted by molar-refractivity contribution is 7.89. The lowest BCUT2D eigenvalue weighted by atomic mass is 10.1. The highest BCUT2D eigenvalue weighted by Gasteiger charge is 2.30. The number of amides is 1. The van der Waals surface area contributed by atoms with Crippen LogP contribution >= 0.6 is 0 Å². The molecule has 1 saturated heterocycles. The fourth-order valence-corrected chi connectivity index (χ4v) is 5.51.